The molecule has 0 amide bonds. The van der Waals surface area contributed by atoms with Crippen molar-refractivity contribution in [2.75, 3.05) is 12.3 Å². The van der Waals surface area contributed by atoms with E-state index in [4.69, 9.17) is 5.73 Å². The van der Waals surface area contributed by atoms with E-state index in [1.54, 1.807) is 6.20 Å². The van der Waals surface area contributed by atoms with Crippen LogP contribution in [0.3, 0.4) is 0 Å². The Hall–Kier alpha value is -1.39. The fourth-order valence-corrected chi connectivity index (χ4v) is 2.79. The molecule has 0 aliphatic heterocycles. The first-order valence-corrected chi connectivity index (χ1v) is 7.14. The van der Waals surface area contributed by atoms with Gasteiger partial charge in [-0.15, -0.1) is 11.3 Å². The van der Waals surface area contributed by atoms with Crippen molar-refractivity contribution >= 4 is 17.0 Å². The van der Waals surface area contributed by atoms with Crippen molar-refractivity contribution in [1.29, 1.82) is 0 Å². The van der Waals surface area contributed by atoms with E-state index in [0.29, 0.717) is 0 Å². The molecule has 2 aromatic rings. The smallest absolute Gasteiger partial charge is 0.0501 e. The summed E-state index contributed by atoms with van der Waals surface area (Å²) in [6, 6.07) is 6.10. The summed E-state index contributed by atoms with van der Waals surface area (Å²) in [6.45, 7) is 4.09. The summed E-state index contributed by atoms with van der Waals surface area (Å²) < 4.78 is 0. The molecule has 0 aliphatic carbocycles. The first kappa shape index (κ1) is 13.1. The van der Waals surface area contributed by atoms with Crippen LogP contribution in [0, 0.1) is 0 Å². The molecule has 0 unspecified atom stereocenters. The van der Waals surface area contributed by atoms with Crippen LogP contribution in [0.2, 0.25) is 0 Å². The predicted octanol–water partition coefficient (Wildman–Crippen LogP) is 2.62. The highest BCUT2D eigenvalue weighted by Crippen LogP contribution is 2.16. The Labute approximate surface area is 112 Å². The SMILES string of the molecule is CCc1ccsc1CNCCc1ccc(N)cn1. The van der Waals surface area contributed by atoms with E-state index < -0.39 is 0 Å². The third-order valence-electron chi connectivity index (χ3n) is 2.91. The summed E-state index contributed by atoms with van der Waals surface area (Å²) in [4.78, 5) is 5.73. The number of thiophene rings is 1. The summed E-state index contributed by atoms with van der Waals surface area (Å²) >= 11 is 1.83. The van der Waals surface area contributed by atoms with E-state index in [2.05, 4.69) is 28.7 Å². The monoisotopic (exact) mass is 261 g/mol. The number of nitrogen functional groups attached to an aromatic ring is 1. The molecule has 0 saturated carbocycles. The lowest BCUT2D eigenvalue weighted by Gasteiger charge is -2.05. The molecular formula is C14H19N3S. The normalized spacial score (nSPS) is 10.7. The number of anilines is 1. The molecule has 0 aliphatic rings. The zero-order valence-electron chi connectivity index (χ0n) is 10.6. The third kappa shape index (κ3) is 3.55. The molecule has 96 valence electrons. The van der Waals surface area contributed by atoms with Crippen LogP contribution in [-0.4, -0.2) is 11.5 Å². The quantitative estimate of drug-likeness (QED) is 0.786. The molecule has 2 heterocycles. The van der Waals surface area contributed by atoms with E-state index >= 15 is 0 Å². The maximum absolute atomic E-state index is 5.60. The largest absolute Gasteiger partial charge is 0.397 e. The second-order valence-electron chi connectivity index (χ2n) is 4.23. The summed E-state index contributed by atoms with van der Waals surface area (Å²) in [5, 5.41) is 5.63. The van der Waals surface area contributed by atoms with Crippen LogP contribution in [0.25, 0.3) is 0 Å². The number of hydrogen-bond acceptors (Lipinski definition) is 4. The van der Waals surface area contributed by atoms with Crippen LogP contribution in [0.5, 0.6) is 0 Å². The number of nitrogens with one attached hydrogen (secondary N) is 1. The van der Waals surface area contributed by atoms with Crippen molar-refractivity contribution in [3.63, 3.8) is 0 Å². The fraction of sp³-hybridized carbons (Fsp3) is 0.357. The lowest BCUT2D eigenvalue weighted by atomic mass is 10.2. The number of pyridine rings is 1. The first-order valence-electron chi connectivity index (χ1n) is 6.26. The van der Waals surface area contributed by atoms with Gasteiger partial charge in [0.15, 0.2) is 0 Å². The molecule has 2 aromatic heterocycles. The van der Waals surface area contributed by atoms with Crippen molar-refractivity contribution in [2.45, 2.75) is 26.3 Å². The van der Waals surface area contributed by atoms with Crippen molar-refractivity contribution in [2.24, 2.45) is 0 Å². The Kier molecular flexibility index (Phi) is 4.73. The standard InChI is InChI=1S/C14H19N3S/c1-2-11-6-8-18-14(11)10-16-7-5-13-4-3-12(15)9-17-13/h3-4,6,8-9,16H,2,5,7,10,15H2,1H3. The van der Waals surface area contributed by atoms with Gasteiger partial charge in [-0.05, 0) is 35.6 Å². The zero-order valence-corrected chi connectivity index (χ0v) is 11.5. The molecule has 18 heavy (non-hydrogen) atoms. The Morgan fingerprint density at radius 3 is 2.94 bits per heavy atom. The molecule has 0 spiro atoms. The van der Waals surface area contributed by atoms with Crippen LogP contribution < -0.4 is 11.1 Å². The van der Waals surface area contributed by atoms with E-state index in [0.717, 1.165) is 37.3 Å². The molecular weight excluding hydrogens is 242 g/mol. The van der Waals surface area contributed by atoms with Crippen molar-refractivity contribution in [1.82, 2.24) is 10.3 Å². The van der Waals surface area contributed by atoms with E-state index in [-0.39, 0.29) is 0 Å². The number of nitrogens with zero attached hydrogens (tertiary/aromatic N) is 1. The van der Waals surface area contributed by atoms with Gasteiger partial charge < -0.3 is 11.1 Å². The lowest BCUT2D eigenvalue weighted by molar-refractivity contribution is 0.683. The van der Waals surface area contributed by atoms with Gasteiger partial charge in [0.2, 0.25) is 0 Å². The van der Waals surface area contributed by atoms with Gasteiger partial charge in [0.05, 0.1) is 11.9 Å². The van der Waals surface area contributed by atoms with Gasteiger partial charge in [-0.2, -0.15) is 0 Å². The summed E-state index contributed by atoms with van der Waals surface area (Å²) in [7, 11) is 0. The fourth-order valence-electron chi connectivity index (χ4n) is 1.84. The van der Waals surface area contributed by atoms with E-state index in [1.807, 2.05) is 23.5 Å². The van der Waals surface area contributed by atoms with E-state index in [1.165, 1.54) is 10.4 Å². The molecule has 4 heteroatoms. The Balaban J connectivity index is 1.74. The Bertz CT molecular complexity index is 476. The first-order chi connectivity index (χ1) is 8.79. The third-order valence-corrected chi connectivity index (χ3v) is 3.87. The predicted molar refractivity (Wildman–Crippen MR) is 77.8 cm³/mol. The molecule has 2 rings (SSSR count). The zero-order chi connectivity index (χ0) is 12.8. The molecule has 0 fully saturated rings. The molecule has 3 nitrogen and oxygen atoms in total. The van der Waals surface area contributed by atoms with Gasteiger partial charge in [-0.25, -0.2) is 0 Å². The van der Waals surface area contributed by atoms with Crippen LogP contribution in [-0.2, 0) is 19.4 Å². The highest BCUT2D eigenvalue weighted by atomic mass is 32.1. The van der Waals surface area contributed by atoms with Crippen molar-refractivity contribution in [3.05, 3.63) is 45.9 Å². The maximum Gasteiger partial charge on any atom is 0.0501 e. The van der Waals surface area contributed by atoms with Gasteiger partial charge in [0, 0.05) is 30.1 Å². The molecule has 0 saturated heterocycles. The molecule has 0 aromatic carbocycles. The Morgan fingerprint density at radius 1 is 1.33 bits per heavy atom. The van der Waals surface area contributed by atoms with Gasteiger partial charge >= 0.3 is 0 Å². The van der Waals surface area contributed by atoms with Gasteiger partial charge in [-0.3, -0.25) is 4.98 Å². The minimum Gasteiger partial charge on any atom is -0.397 e. The number of aryl methyl sites for hydroxylation is 1. The van der Waals surface area contributed by atoms with E-state index in [9.17, 15) is 0 Å². The number of rotatable bonds is 6. The highest BCUT2D eigenvalue weighted by molar-refractivity contribution is 7.10. The van der Waals surface area contributed by atoms with Crippen LogP contribution in [0.1, 0.15) is 23.1 Å². The summed E-state index contributed by atoms with van der Waals surface area (Å²) in [5.74, 6) is 0. The van der Waals surface area contributed by atoms with Crippen LogP contribution in [0.15, 0.2) is 29.8 Å². The van der Waals surface area contributed by atoms with Crippen LogP contribution in [0.4, 0.5) is 5.69 Å². The number of aromatic nitrogens is 1. The Morgan fingerprint density at radius 2 is 2.22 bits per heavy atom. The highest BCUT2D eigenvalue weighted by Gasteiger charge is 2.01. The van der Waals surface area contributed by atoms with Crippen molar-refractivity contribution < 1.29 is 0 Å². The summed E-state index contributed by atoms with van der Waals surface area (Å²) in [6.07, 6.45) is 3.76. The van der Waals surface area contributed by atoms with Gasteiger partial charge in [0.25, 0.3) is 0 Å². The molecule has 3 N–H and O–H groups in total. The van der Waals surface area contributed by atoms with Crippen molar-refractivity contribution in [3.8, 4) is 0 Å². The molecule has 0 bridgehead atoms. The molecule has 0 atom stereocenters. The lowest BCUT2D eigenvalue weighted by Crippen LogP contribution is -2.17. The summed E-state index contributed by atoms with van der Waals surface area (Å²) in [5.41, 5.74) is 8.86. The minimum absolute atomic E-state index is 0.720. The second-order valence-corrected chi connectivity index (χ2v) is 5.23. The van der Waals surface area contributed by atoms with Crippen LogP contribution >= 0.6 is 11.3 Å². The van der Waals surface area contributed by atoms with Gasteiger partial charge in [-0.1, -0.05) is 6.92 Å². The number of hydrogen-bond donors (Lipinski definition) is 2. The average Bonchev–Trinajstić information content (AvgIpc) is 2.84. The van der Waals surface area contributed by atoms with Gasteiger partial charge in [0.1, 0.15) is 0 Å². The average molecular weight is 261 g/mol. The second kappa shape index (κ2) is 6.52. The minimum atomic E-state index is 0.720. The maximum atomic E-state index is 5.60. The molecule has 0 radical (unpaired) electrons. The topological polar surface area (TPSA) is 50.9 Å². The number of nitrogens with two attached hydrogens (primary N) is 1.